The predicted octanol–water partition coefficient (Wildman–Crippen LogP) is 7.65. The number of rotatable bonds is 17. The molecular weight excluding hydrogens is 372 g/mol. The van der Waals surface area contributed by atoms with Gasteiger partial charge < -0.3 is 9.80 Å². The molecule has 0 saturated carbocycles. The van der Waals surface area contributed by atoms with E-state index in [4.69, 9.17) is 0 Å². The standard InChI is InChI=1S/C22H43BrN2/c1-3-4-5-6-7-8-9-10-11-12-13-14-15-16-17-18-19-25-21-20-24(2)22(25)23/h20-22H,3-19H2,1-2H3. The van der Waals surface area contributed by atoms with Crippen LogP contribution < -0.4 is 0 Å². The van der Waals surface area contributed by atoms with Crippen molar-refractivity contribution >= 4 is 15.9 Å². The van der Waals surface area contributed by atoms with Crippen molar-refractivity contribution in [2.75, 3.05) is 13.6 Å². The van der Waals surface area contributed by atoms with Crippen LogP contribution >= 0.6 is 15.9 Å². The molecule has 0 fully saturated rings. The maximum Gasteiger partial charge on any atom is 0.158 e. The van der Waals surface area contributed by atoms with Crippen molar-refractivity contribution in [3.8, 4) is 0 Å². The van der Waals surface area contributed by atoms with Crippen molar-refractivity contribution in [2.24, 2.45) is 0 Å². The first-order chi connectivity index (χ1) is 12.3. The predicted molar refractivity (Wildman–Crippen MR) is 116 cm³/mol. The van der Waals surface area contributed by atoms with Gasteiger partial charge in [-0.1, -0.05) is 103 Å². The highest BCUT2D eigenvalue weighted by molar-refractivity contribution is 9.09. The number of nitrogens with zero attached hydrogens (tertiary/aromatic N) is 2. The van der Waals surface area contributed by atoms with Gasteiger partial charge in [-0.15, -0.1) is 0 Å². The summed E-state index contributed by atoms with van der Waals surface area (Å²) in [5.41, 5.74) is 0. The van der Waals surface area contributed by atoms with Crippen LogP contribution in [-0.4, -0.2) is 28.5 Å². The normalized spacial score (nSPS) is 17.0. The van der Waals surface area contributed by atoms with E-state index in [2.05, 4.69) is 52.1 Å². The average molecular weight is 416 g/mol. The summed E-state index contributed by atoms with van der Waals surface area (Å²) in [6.07, 6.45) is 27.3. The summed E-state index contributed by atoms with van der Waals surface area (Å²) in [7, 11) is 2.11. The average Bonchev–Trinajstić information content (AvgIpc) is 2.93. The fourth-order valence-corrected chi connectivity index (χ4v) is 4.07. The zero-order chi connectivity index (χ0) is 18.2. The number of unbranched alkanes of at least 4 members (excludes halogenated alkanes) is 15. The Hall–Kier alpha value is -0.180. The molecule has 25 heavy (non-hydrogen) atoms. The summed E-state index contributed by atoms with van der Waals surface area (Å²) in [4.78, 5) is 4.58. The van der Waals surface area contributed by atoms with E-state index in [9.17, 15) is 0 Å². The first-order valence-corrected chi connectivity index (χ1v) is 12.0. The molecule has 0 aromatic carbocycles. The SMILES string of the molecule is CCCCCCCCCCCCCCCCCCN1C=CN(C)C1Br. The quantitative estimate of drug-likeness (QED) is 0.137. The van der Waals surface area contributed by atoms with E-state index in [1.54, 1.807) is 0 Å². The van der Waals surface area contributed by atoms with Crippen LogP contribution in [0.4, 0.5) is 0 Å². The van der Waals surface area contributed by atoms with Gasteiger partial charge in [0, 0.05) is 26.0 Å². The highest BCUT2D eigenvalue weighted by Crippen LogP contribution is 2.20. The molecule has 0 radical (unpaired) electrons. The van der Waals surface area contributed by atoms with Crippen molar-refractivity contribution in [1.82, 2.24) is 9.80 Å². The molecule has 0 spiro atoms. The zero-order valence-electron chi connectivity index (χ0n) is 17.0. The molecular formula is C22H43BrN2. The van der Waals surface area contributed by atoms with E-state index in [0.29, 0.717) is 5.08 Å². The maximum absolute atomic E-state index is 3.71. The van der Waals surface area contributed by atoms with E-state index >= 15 is 0 Å². The molecule has 0 saturated heterocycles. The molecule has 1 rings (SSSR count). The third kappa shape index (κ3) is 11.9. The Morgan fingerprint density at radius 1 is 0.640 bits per heavy atom. The van der Waals surface area contributed by atoms with Gasteiger partial charge in [-0.25, -0.2) is 0 Å². The molecule has 0 aromatic heterocycles. The topological polar surface area (TPSA) is 6.48 Å². The second-order valence-electron chi connectivity index (χ2n) is 7.82. The fraction of sp³-hybridized carbons (Fsp3) is 0.909. The van der Waals surface area contributed by atoms with Crippen molar-refractivity contribution in [3.63, 3.8) is 0 Å². The summed E-state index contributed by atoms with van der Waals surface area (Å²) in [6.45, 7) is 3.47. The summed E-state index contributed by atoms with van der Waals surface area (Å²) in [6, 6.07) is 0. The Morgan fingerprint density at radius 2 is 1.04 bits per heavy atom. The minimum atomic E-state index is 0.365. The minimum Gasteiger partial charge on any atom is -0.350 e. The van der Waals surface area contributed by atoms with Gasteiger partial charge in [0.2, 0.25) is 0 Å². The second-order valence-corrected chi connectivity index (χ2v) is 8.63. The van der Waals surface area contributed by atoms with Crippen molar-refractivity contribution in [1.29, 1.82) is 0 Å². The Kier molecular flexibility index (Phi) is 14.7. The lowest BCUT2D eigenvalue weighted by Crippen LogP contribution is -2.31. The Balaban J connectivity index is 1.72. The van der Waals surface area contributed by atoms with E-state index in [1.807, 2.05) is 0 Å². The molecule has 0 aromatic rings. The smallest absolute Gasteiger partial charge is 0.158 e. The largest absolute Gasteiger partial charge is 0.350 e. The van der Waals surface area contributed by atoms with Gasteiger partial charge in [0.25, 0.3) is 0 Å². The first kappa shape index (κ1) is 22.9. The molecule has 1 aliphatic heterocycles. The van der Waals surface area contributed by atoms with E-state index in [0.717, 1.165) is 0 Å². The summed E-state index contributed by atoms with van der Waals surface area (Å²) < 4.78 is 0. The Labute approximate surface area is 166 Å². The van der Waals surface area contributed by atoms with Crippen LogP contribution in [0.1, 0.15) is 110 Å². The Bertz CT molecular complexity index is 319. The number of halogens is 1. The Morgan fingerprint density at radius 3 is 1.40 bits per heavy atom. The van der Waals surface area contributed by atoms with Gasteiger partial charge in [-0.3, -0.25) is 0 Å². The van der Waals surface area contributed by atoms with Crippen LogP contribution in [0.25, 0.3) is 0 Å². The molecule has 0 aliphatic carbocycles. The van der Waals surface area contributed by atoms with Gasteiger partial charge in [-0.05, 0) is 22.4 Å². The van der Waals surface area contributed by atoms with Crippen molar-refractivity contribution in [2.45, 2.75) is 115 Å². The molecule has 0 bridgehead atoms. The lowest BCUT2D eigenvalue weighted by molar-refractivity contribution is 0.264. The van der Waals surface area contributed by atoms with Crippen LogP contribution in [0.3, 0.4) is 0 Å². The van der Waals surface area contributed by atoms with Crippen LogP contribution in [0.15, 0.2) is 12.4 Å². The molecule has 148 valence electrons. The van der Waals surface area contributed by atoms with Crippen molar-refractivity contribution in [3.05, 3.63) is 12.4 Å². The highest BCUT2D eigenvalue weighted by atomic mass is 79.9. The maximum atomic E-state index is 3.71. The van der Waals surface area contributed by atoms with E-state index in [1.165, 1.54) is 109 Å². The van der Waals surface area contributed by atoms with Crippen LogP contribution in [0.2, 0.25) is 0 Å². The minimum absolute atomic E-state index is 0.365. The summed E-state index contributed by atoms with van der Waals surface area (Å²) >= 11 is 3.71. The van der Waals surface area contributed by atoms with Gasteiger partial charge in [0.15, 0.2) is 5.08 Å². The van der Waals surface area contributed by atoms with Gasteiger partial charge >= 0.3 is 0 Å². The lowest BCUT2D eigenvalue weighted by Gasteiger charge is -2.25. The molecule has 1 aliphatic rings. The van der Waals surface area contributed by atoms with Gasteiger partial charge in [-0.2, -0.15) is 0 Å². The summed E-state index contributed by atoms with van der Waals surface area (Å²) in [5.74, 6) is 0. The third-order valence-corrected chi connectivity index (χ3v) is 6.54. The van der Waals surface area contributed by atoms with Crippen LogP contribution in [0, 0.1) is 0 Å². The molecule has 1 atom stereocenters. The number of hydrogen-bond acceptors (Lipinski definition) is 2. The molecule has 1 heterocycles. The third-order valence-electron chi connectivity index (χ3n) is 5.37. The van der Waals surface area contributed by atoms with Crippen LogP contribution in [0.5, 0.6) is 0 Å². The molecule has 0 N–H and O–H groups in total. The van der Waals surface area contributed by atoms with Gasteiger partial charge in [0.1, 0.15) is 0 Å². The molecule has 0 amide bonds. The molecule has 2 nitrogen and oxygen atoms in total. The van der Waals surface area contributed by atoms with E-state index < -0.39 is 0 Å². The number of alkyl halides is 1. The molecule has 1 unspecified atom stereocenters. The first-order valence-electron chi connectivity index (χ1n) is 11.1. The summed E-state index contributed by atoms with van der Waals surface area (Å²) in [5, 5.41) is 0.365. The number of hydrogen-bond donors (Lipinski definition) is 0. The van der Waals surface area contributed by atoms with Crippen molar-refractivity contribution < 1.29 is 0 Å². The van der Waals surface area contributed by atoms with E-state index in [-0.39, 0.29) is 0 Å². The highest BCUT2D eigenvalue weighted by Gasteiger charge is 2.18. The van der Waals surface area contributed by atoms with Crippen LogP contribution in [-0.2, 0) is 0 Å². The zero-order valence-corrected chi connectivity index (χ0v) is 18.6. The fourth-order valence-electron chi connectivity index (χ4n) is 3.59. The van der Waals surface area contributed by atoms with Gasteiger partial charge in [0.05, 0.1) is 0 Å². The monoisotopic (exact) mass is 414 g/mol. The molecule has 3 heteroatoms. The lowest BCUT2D eigenvalue weighted by atomic mass is 10.0. The second kappa shape index (κ2) is 16.0.